The van der Waals surface area contributed by atoms with Crippen LogP contribution < -0.4 is 10.6 Å². The van der Waals surface area contributed by atoms with Crippen LogP contribution in [-0.2, 0) is 17.4 Å². The molecule has 0 bridgehead atoms. The summed E-state index contributed by atoms with van der Waals surface area (Å²) in [4.78, 5) is 12.7. The van der Waals surface area contributed by atoms with E-state index in [0.717, 1.165) is 36.1 Å². The summed E-state index contributed by atoms with van der Waals surface area (Å²) in [6.45, 7) is 1.86. The van der Waals surface area contributed by atoms with Crippen LogP contribution in [0.3, 0.4) is 0 Å². The number of halogens is 4. The summed E-state index contributed by atoms with van der Waals surface area (Å²) in [6, 6.07) is 8.59. The lowest BCUT2D eigenvalue weighted by Crippen LogP contribution is -2.46. The number of alkyl halides is 3. The molecule has 0 aromatic heterocycles. The van der Waals surface area contributed by atoms with Crippen molar-refractivity contribution in [2.75, 3.05) is 7.05 Å². The number of rotatable bonds is 8. The molecule has 2 atom stereocenters. The summed E-state index contributed by atoms with van der Waals surface area (Å²) in [5, 5.41) is 5.98. The van der Waals surface area contributed by atoms with Crippen LogP contribution in [0.4, 0.5) is 17.6 Å². The van der Waals surface area contributed by atoms with Gasteiger partial charge in [0.1, 0.15) is 11.9 Å². The van der Waals surface area contributed by atoms with Gasteiger partial charge in [-0.2, -0.15) is 13.2 Å². The van der Waals surface area contributed by atoms with E-state index in [1.165, 1.54) is 18.2 Å². The number of benzene rings is 2. The molecule has 33 heavy (non-hydrogen) atoms. The van der Waals surface area contributed by atoms with E-state index in [-0.39, 0.29) is 5.91 Å². The van der Waals surface area contributed by atoms with E-state index in [1.807, 2.05) is 25.2 Å². The van der Waals surface area contributed by atoms with Gasteiger partial charge in [0.25, 0.3) is 0 Å². The Morgan fingerprint density at radius 2 is 1.82 bits per heavy atom. The van der Waals surface area contributed by atoms with Gasteiger partial charge in [0.2, 0.25) is 5.91 Å². The molecule has 1 aliphatic carbocycles. The van der Waals surface area contributed by atoms with Gasteiger partial charge in [0.05, 0.1) is 5.56 Å². The number of aryl methyl sites for hydroxylation is 2. The molecule has 1 aliphatic rings. The molecule has 0 fully saturated rings. The van der Waals surface area contributed by atoms with Gasteiger partial charge in [0.15, 0.2) is 0 Å². The average molecular weight is 461 g/mol. The lowest BCUT2D eigenvalue weighted by molar-refractivity contribution is -0.137. The maximum absolute atomic E-state index is 14.8. The van der Waals surface area contributed by atoms with Crippen molar-refractivity contribution in [3.8, 4) is 0 Å². The van der Waals surface area contributed by atoms with Gasteiger partial charge in [0, 0.05) is 18.7 Å². The first-order valence-corrected chi connectivity index (χ1v) is 11.0. The highest BCUT2D eigenvalue weighted by atomic mass is 19.4. The highest BCUT2D eigenvalue weighted by molar-refractivity contribution is 5.85. The fourth-order valence-electron chi connectivity index (χ4n) is 3.95. The van der Waals surface area contributed by atoms with E-state index in [1.54, 1.807) is 19.2 Å². The SMILES string of the molecule is CNC(=O)[C@H](N[C@@H](CCc1ccc(C(F)(F)F)cc1)c1cc(C)ccc1F)C1=CCCC=C1. The largest absolute Gasteiger partial charge is 0.416 e. The number of hydrogen-bond donors (Lipinski definition) is 2. The quantitative estimate of drug-likeness (QED) is 0.489. The van der Waals surface area contributed by atoms with Crippen LogP contribution >= 0.6 is 0 Å². The van der Waals surface area contributed by atoms with Gasteiger partial charge >= 0.3 is 6.18 Å². The van der Waals surface area contributed by atoms with Crippen molar-refractivity contribution in [2.45, 2.75) is 50.9 Å². The minimum absolute atomic E-state index is 0.236. The topological polar surface area (TPSA) is 41.1 Å². The smallest absolute Gasteiger partial charge is 0.358 e. The standard InChI is InChI=1S/C26H28F4N2O/c1-17-8-14-22(27)21(16-17)23(15-11-18-9-12-20(13-10-18)26(28,29)30)32-24(25(33)31-2)19-6-4-3-5-7-19/h4,6-10,12-14,16,23-24,32H,3,5,11,15H2,1-2H3,(H,31,33)/t23-,24+/m0/s1. The molecule has 1 amide bonds. The molecule has 0 spiro atoms. The summed E-state index contributed by atoms with van der Waals surface area (Å²) in [5.41, 5.74) is 2.11. The number of nitrogens with one attached hydrogen (secondary N) is 2. The summed E-state index contributed by atoms with van der Waals surface area (Å²) in [5.74, 6) is -0.630. The van der Waals surface area contributed by atoms with E-state index in [4.69, 9.17) is 0 Å². The second kappa shape index (κ2) is 10.8. The Morgan fingerprint density at radius 3 is 2.42 bits per heavy atom. The average Bonchev–Trinajstić information content (AvgIpc) is 2.81. The summed E-state index contributed by atoms with van der Waals surface area (Å²) >= 11 is 0. The number of carbonyl (C=O) groups is 1. The van der Waals surface area contributed by atoms with E-state index in [0.29, 0.717) is 24.0 Å². The monoisotopic (exact) mass is 460 g/mol. The van der Waals surface area contributed by atoms with Crippen molar-refractivity contribution < 1.29 is 22.4 Å². The second-order valence-electron chi connectivity index (χ2n) is 8.21. The first kappa shape index (κ1) is 24.7. The highest BCUT2D eigenvalue weighted by Gasteiger charge is 2.30. The zero-order valence-electron chi connectivity index (χ0n) is 18.7. The van der Waals surface area contributed by atoms with E-state index >= 15 is 0 Å². The molecule has 2 aromatic carbocycles. The molecule has 0 aliphatic heterocycles. The van der Waals surface area contributed by atoms with Gasteiger partial charge in [-0.15, -0.1) is 0 Å². The minimum atomic E-state index is -4.39. The van der Waals surface area contributed by atoms with Crippen LogP contribution in [0.25, 0.3) is 0 Å². The molecule has 0 saturated carbocycles. The summed E-state index contributed by atoms with van der Waals surface area (Å²) in [6.07, 6.45) is 4.02. The van der Waals surface area contributed by atoms with Crippen molar-refractivity contribution in [3.05, 3.63) is 94.3 Å². The maximum Gasteiger partial charge on any atom is 0.416 e. The lowest BCUT2D eigenvalue weighted by atomic mass is 9.93. The molecule has 3 nitrogen and oxygen atoms in total. The third-order valence-corrected chi connectivity index (χ3v) is 5.76. The number of carbonyl (C=O) groups excluding carboxylic acids is 1. The molecule has 176 valence electrons. The summed E-state index contributed by atoms with van der Waals surface area (Å²) < 4.78 is 53.4. The Balaban J connectivity index is 1.87. The van der Waals surface area contributed by atoms with Crippen LogP contribution in [0.15, 0.2) is 66.3 Å². The Bertz CT molecular complexity index is 1030. The van der Waals surface area contributed by atoms with Crippen LogP contribution in [0.1, 0.15) is 47.6 Å². The minimum Gasteiger partial charge on any atom is -0.358 e. The van der Waals surface area contributed by atoms with Crippen LogP contribution in [0.2, 0.25) is 0 Å². The van der Waals surface area contributed by atoms with E-state index in [9.17, 15) is 22.4 Å². The number of allylic oxidation sites excluding steroid dienone is 2. The van der Waals surface area contributed by atoms with Gasteiger partial charge in [-0.1, -0.05) is 48.1 Å². The Labute approximate surface area is 191 Å². The normalized spacial score (nSPS) is 15.6. The third kappa shape index (κ3) is 6.54. The van der Waals surface area contributed by atoms with Crippen molar-refractivity contribution in [1.29, 1.82) is 0 Å². The first-order valence-electron chi connectivity index (χ1n) is 11.0. The fourth-order valence-corrected chi connectivity index (χ4v) is 3.95. The van der Waals surface area contributed by atoms with Gasteiger partial charge < -0.3 is 5.32 Å². The number of hydrogen-bond acceptors (Lipinski definition) is 2. The predicted octanol–water partition coefficient (Wildman–Crippen LogP) is 5.81. The predicted molar refractivity (Wildman–Crippen MR) is 121 cm³/mol. The molecular formula is C26H28F4N2O. The lowest BCUT2D eigenvalue weighted by Gasteiger charge is -2.27. The molecule has 0 unspecified atom stereocenters. The molecule has 7 heteroatoms. The Kier molecular flexibility index (Phi) is 8.08. The highest BCUT2D eigenvalue weighted by Crippen LogP contribution is 2.30. The summed E-state index contributed by atoms with van der Waals surface area (Å²) in [7, 11) is 1.55. The zero-order chi connectivity index (χ0) is 24.0. The van der Waals surface area contributed by atoms with Crippen molar-refractivity contribution in [1.82, 2.24) is 10.6 Å². The van der Waals surface area contributed by atoms with E-state index in [2.05, 4.69) is 10.6 Å². The van der Waals surface area contributed by atoms with E-state index < -0.39 is 29.6 Å². The molecular weight excluding hydrogens is 432 g/mol. The fraction of sp³-hybridized carbons (Fsp3) is 0.346. The van der Waals surface area contributed by atoms with Crippen LogP contribution in [-0.4, -0.2) is 19.0 Å². The molecule has 0 heterocycles. The number of likely N-dealkylation sites (N-methyl/N-ethyl adjacent to an activating group) is 1. The first-order chi connectivity index (χ1) is 15.7. The van der Waals surface area contributed by atoms with Crippen LogP contribution in [0, 0.1) is 12.7 Å². The van der Waals surface area contributed by atoms with Gasteiger partial charge in [-0.05, 0) is 61.9 Å². The van der Waals surface area contributed by atoms with Crippen molar-refractivity contribution in [2.24, 2.45) is 0 Å². The molecule has 2 aromatic rings. The third-order valence-electron chi connectivity index (χ3n) is 5.76. The van der Waals surface area contributed by atoms with Crippen LogP contribution in [0.5, 0.6) is 0 Å². The second-order valence-corrected chi connectivity index (χ2v) is 8.21. The Hall–Kier alpha value is -2.93. The molecule has 0 saturated heterocycles. The van der Waals surface area contributed by atoms with Crippen molar-refractivity contribution in [3.63, 3.8) is 0 Å². The van der Waals surface area contributed by atoms with Crippen molar-refractivity contribution >= 4 is 5.91 Å². The molecule has 2 N–H and O–H groups in total. The van der Waals surface area contributed by atoms with Gasteiger partial charge in [-0.25, -0.2) is 4.39 Å². The number of amides is 1. The van der Waals surface area contributed by atoms with Gasteiger partial charge in [-0.3, -0.25) is 10.1 Å². The Morgan fingerprint density at radius 1 is 1.09 bits per heavy atom. The zero-order valence-corrected chi connectivity index (χ0v) is 18.7. The molecule has 0 radical (unpaired) electrons. The molecule has 3 rings (SSSR count). The maximum atomic E-state index is 14.8.